The lowest BCUT2D eigenvalue weighted by Crippen LogP contribution is -2.22. The van der Waals surface area contributed by atoms with Gasteiger partial charge in [-0.15, -0.1) is 0 Å². The van der Waals surface area contributed by atoms with E-state index in [-0.39, 0.29) is 12.0 Å². The quantitative estimate of drug-likeness (QED) is 0.172. The fourth-order valence-corrected chi connectivity index (χ4v) is 8.47. The first-order valence-electron chi connectivity index (χ1n) is 19.0. The molecule has 0 bridgehead atoms. The van der Waals surface area contributed by atoms with Crippen molar-refractivity contribution in [1.82, 2.24) is 19.5 Å². The Hall–Kier alpha value is -7.37. The third kappa shape index (κ3) is 5.36. The maximum Gasteiger partial charge on any atom is 0.164 e. The summed E-state index contributed by atoms with van der Waals surface area (Å²) < 4.78 is 9.21. The zero-order chi connectivity index (χ0) is 37.0. The van der Waals surface area contributed by atoms with Crippen LogP contribution in [0.3, 0.4) is 0 Å². The monoisotopic (exact) mass is 718 g/mol. The van der Waals surface area contributed by atoms with Crippen molar-refractivity contribution in [2.24, 2.45) is 0 Å². The summed E-state index contributed by atoms with van der Waals surface area (Å²) in [6.07, 6.45) is 6.46. The summed E-state index contributed by atoms with van der Waals surface area (Å²) in [5.41, 5.74) is 12.1. The van der Waals surface area contributed by atoms with Crippen molar-refractivity contribution in [3.05, 3.63) is 200 Å². The molecule has 56 heavy (non-hydrogen) atoms. The first kappa shape index (κ1) is 32.1. The molecule has 0 amide bonds. The van der Waals surface area contributed by atoms with Gasteiger partial charge in [-0.25, -0.2) is 15.0 Å². The van der Waals surface area contributed by atoms with Crippen molar-refractivity contribution in [3.63, 3.8) is 0 Å². The highest BCUT2D eigenvalue weighted by Crippen LogP contribution is 2.52. The molecule has 0 spiro atoms. The lowest BCUT2D eigenvalue weighted by atomic mass is 9.83. The fourth-order valence-electron chi connectivity index (χ4n) is 8.47. The van der Waals surface area contributed by atoms with Gasteiger partial charge in [-0.1, -0.05) is 158 Å². The molecule has 0 saturated heterocycles. The maximum absolute atomic E-state index is 6.78. The Morgan fingerprint density at radius 3 is 1.77 bits per heavy atom. The number of nitrogens with zero attached hydrogens (tertiary/aromatic N) is 4. The number of hydrogen-bond acceptors (Lipinski definition) is 4. The van der Waals surface area contributed by atoms with Crippen LogP contribution in [0.4, 0.5) is 0 Å². The van der Waals surface area contributed by atoms with Crippen molar-refractivity contribution in [1.29, 1.82) is 0 Å². The van der Waals surface area contributed by atoms with Gasteiger partial charge in [-0.3, -0.25) is 0 Å². The summed E-state index contributed by atoms with van der Waals surface area (Å²) in [4.78, 5) is 15.1. The second kappa shape index (κ2) is 13.2. The number of fused-ring (bicyclic) bond motifs is 6. The highest BCUT2D eigenvalue weighted by atomic mass is 16.5. The molecule has 0 radical (unpaired) electrons. The van der Waals surface area contributed by atoms with Crippen molar-refractivity contribution < 1.29 is 4.74 Å². The molecule has 11 rings (SSSR count). The van der Waals surface area contributed by atoms with E-state index in [9.17, 15) is 0 Å². The molecule has 1 aliphatic carbocycles. The van der Waals surface area contributed by atoms with E-state index >= 15 is 0 Å². The van der Waals surface area contributed by atoms with Gasteiger partial charge in [0.25, 0.3) is 0 Å². The molecule has 9 aromatic rings. The van der Waals surface area contributed by atoms with Crippen molar-refractivity contribution in [3.8, 4) is 62.2 Å². The van der Waals surface area contributed by atoms with Crippen molar-refractivity contribution in [2.45, 2.75) is 12.0 Å². The maximum atomic E-state index is 6.78. The Bertz CT molecular complexity index is 2950. The first-order chi connectivity index (χ1) is 27.8. The molecular weight excluding hydrogens is 685 g/mol. The molecule has 0 saturated carbocycles. The van der Waals surface area contributed by atoms with Crippen LogP contribution in [0.25, 0.3) is 83.9 Å². The number of hydrogen-bond donors (Lipinski definition) is 0. The molecule has 2 aromatic heterocycles. The second-order valence-electron chi connectivity index (χ2n) is 14.3. The van der Waals surface area contributed by atoms with E-state index in [4.69, 9.17) is 19.7 Å². The minimum Gasteiger partial charge on any atom is -0.485 e. The fraction of sp³-hybridized carbons (Fsp3) is 0.0392. The van der Waals surface area contributed by atoms with Crippen LogP contribution < -0.4 is 4.74 Å². The van der Waals surface area contributed by atoms with Gasteiger partial charge in [0.05, 0.1) is 17.0 Å². The lowest BCUT2D eigenvalue weighted by molar-refractivity contribution is 0.270. The highest BCUT2D eigenvalue weighted by Gasteiger charge is 2.40. The summed E-state index contributed by atoms with van der Waals surface area (Å²) in [6.45, 7) is 0. The Kier molecular flexibility index (Phi) is 7.56. The molecule has 3 heterocycles. The highest BCUT2D eigenvalue weighted by molar-refractivity contribution is 6.11. The zero-order valence-corrected chi connectivity index (χ0v) is 30.3. The molecule has 2 atom stereocenters. The van der Waals surface area contributed by atoms with Crippen LogP contribution >= 0.6 is 0 Å². The molecule has 0 N–H and O–H groups in total. The summed E-state index contributed by atoms with van der Waals surface area (Å²) in [5.74, 6) is 2.79. The van der Waals surface area contributed by atoms with Crippen LogP contribution in [0.5, 0.6) is 5.75 Å². The van der Waals surface area contributed by atoms with Gasteiger partial charge in [-0.05, 0) is 58.7 Å². The number of ether oxygens (including phenoxy) is 1. The largest absolute Gasteiger partial charge is 0.485 e. The second-order valence-corrected chi connectivity index (χ2v) is 14.3. The third-order valence-corrected chi connectivity index (χ3v) is 11.0. The van der Waals surface area contributed by atoms with E-state index < -0.39 is 0 Å². The number of allylic oxidation sites excluding steroid dienone is 2. The Morgan fingerprint density at radius 1 is 0.446 bits per heavy atom. The van der Waals surface area contributed by atoms with Crippen molar-refractivity contribution >= 4 is 27.5 Å². The molecule has 5 heteroatoms. The minimum absolute atomic E-state index is 0.0409. The smallest absolute Gasteiger partial charge is 0.164 e. The topological polar surface area (TPSA) is 52.8 Å². The average molecular weight is 719 g/mol. The molecule has 1 aliphatic heterocycles. The zero-order valence-electron chi connectivity index (χ0n) is 30.3. The van der Waals surface area contributed by atoms with Crippen LogP contribution in [0.2, 0.25) is 0 Å². The number of benzene rings is 7. The Morgan fingerprint density at radius 2 is 1.04 bits per heavy atom. The first-order valence-corrected chi connectivity index (χ1v) is 19.0. The summed E-state index contributed by atoms with van der Waals surface area (Å²) in [6, 6.07) is 61.4. The van der Waals surface area contributed by atoms with Crippen LogP contribution in [-0.2, 0) is 0 Å². The van der Waals surface area contributed by atoms with E-state index in [1.165, 1.54) is 38.6 Å². The molecular formula is C51H34N4O. The van der Waals surface area contributed by atoms with Crippen LogP contribution in [0, 0.1) is 0 Å². The summed E-state index contributed by atoms with van der Waals surface area (Å²) >= 11 is 0. The number of rotatable bonds is 6. The predicted molar refractivity (Wildman–Crippen MR) is 227 cm³/mol. The predicted octanol–water partition coefficient (Wildman–Crippen LogP) is 12.3. The van der Waals surface area contributed by atoms with Gasteiger partial charge in [0.2, 0.25) is 0 Å². The van der Waals surface area contributed by atoms with E-state index in [0.717, 1.165) is 39.2 Å². The van der Waals surface area contributed by atoms with Crippen molar-refractivity contribution in [2.75, 3.05) is 0 Å². The molecule has 7 aromatic carbocycles. The lowest BCUT2D eigenvalue weighted by Gasteiger charge is -2.26. The molecule has 2 unspecified atom stereocenters. The van der Waals surface area contributed by atoms with Gasteiger partial charge in [0.1, 0.15) is 11.9 Å². The van der Waals surface area contributed by atoms with Crippen LogP contribution in [0.15, 0.2) is 194 Å². The SMILES string of the molecule is C1=CC2Oc3cccc(-c4cccc(-c5ccccc5)c4)c3C2C(n2c3ccccc3c3ccc(-c4nc(-c5ccccc5)nc(-c5ccccc5)n4)cc32)=C1. The van der Waals surface area contributed by atoms with Crippen LogP contribution in [0.1, 0.15) is 11.5 Å². The standard InChI is InChI=1S/C51H34N4O/c1-4-15-33(16-5-1)36-21-12-22-37(31-36)39-24-13-27-45-47(39)48-43(26-14-28-46(48)56-45)55-42-25-11-10-23-40(42)41-30-29-38(32-44(41)55)51-53-49(34-17-6-2-7-18-34)52-50(54-51)35-19-8-3-9-20-35/h1-32,46,48H. The Balaban J connectivity index is 1.09. The average Bonchev–Trinajstić information content (AvgIpc) is 3.83. The third-order valence-electron chi connectivity index (χ3n) is 11.0. The van der Waals surface area contributed by atoms with Gasteiger partial charge < -0.3 is 9.30 Å². The summed E-state index contributed by atoms with van der Waals surface area (Å²) in [7, 11) is 0. The van der Waals surface area contributed by atoms with E-state index in [1.54, 1.807) is 0 Å². The van der Waals surface area contributed by atoms with Gasteiger partial charge in [0, 0.05) is 38.7 Å². The summed E-state index contributed by atoms with van der Waals surface area (Å²) in [5, 5.41) is 2.36. The van der Waals surface area contributed by atoms with Gasteiger partial charge >= 0.3 is 0 Å². The molecule has 264 valence electrons. The number of para-hydroxylation sites is 1. The van der Waals surface area contributed by atoms with Gasteiger partial charge in [0.15, 0.2) is 17.5 Å². The van der Waals surface area contributed by atoms with Crippen LogP contribution in [-0.4, -0.2) is 25.6 Å². The molecule has 2 aliphatic rings. The van der Waals surface area contributed by atoms with E-state index in [1.807, 2.05) is 60.7 Å². The minimum atomic E-state index is -0.145. The number of aromatic nitrogens is 4. The molecule has 5 nitrogen and oxygen atoms in total. The van der Waals surface area contributed by atoms with E-state index in [2.05, 4.69) is 138 Å². The molecule has 0 fully saturated rings. The normalized spacial score (nSPS) is 15.7. The van der Waals surface area contributed by atoms with E-state index in [0.29, 0.717) is 17.5 Å². The Labute approximate surface area is 324 Å². The van der Waals surface area contributed by atoms with Gasteiger partial charge in [-0.2, -0.15) is 0 Å².